The molecule has 0 radical (unpaired) electrons. The number of benzene rings is 2. The lowest BCUT2D eigenvalue weighted by molar-refractivity contribution is -0.137. The molecule has 0 aliphatic carbocycles. The quantitative estimate of drug-likeness (QED) is 0.459. The minimum atomic E-state index is -1.19. The molecule has 1 unspecified atom stereocenters. The Morgan fingerprint density at radius 1 is 0.767 bits per heavy atom. The summed E-state index contributed by atoms with van der Waals surface area (Å²) in [4.78, 5) is 45.7. The number of amides is 3. The van der Waals surface area contributed by atoms with E-state index in [1.165, 1.54) is 0 Å². The molecule has 0 spiro atoms. The molecule has 158 valence electrons. The Labute approximate surface area is 173 Å². The maximum atomic E-state index is 12.2. The molecular weight excluding hydrogens is 390 g/mol. The first-order valence-electron chi connectivity index (χ1n) is 9.22. The molecule has 0 aliphatic heterocycles. The standard InChI is InChI=1S/C21H23N3O6/c25-18(23-14-20(27)28)12-22-19(26)13-24-21(29)30-17(16-9-5-2-6-10-16)11-15-7-3-1-4-8-15/h1-10,17H,11-14H2,(H,22,26)(H,23,25)(H,24,29)(H,27,28). The molecule has 9 nitrogen and oxygen atoms in total. The van der Waals surface area contributed by atoms with Crippen LogP contribution in [0.2, 0.25) is 0 Å². The highest BCUT2D eigenvalue weighted by molar-refractivity contribution is 5.88. The van der Waals surface area contributed by atoms with Gasteiger partial charge in [0.2, 0.25) is 11.8 Å². The van der Waals surface area contributed by atoms with E-state index in [-0.39, 0.29) is 0 Å². The number of ether oxygens (including phenoxy) is 1. The zero-order valence-corrected chi connectivity index (χ0v) is 16.2. The molecule has 2 aromatic carbocycles. The Morgan fingerprint density at radius 2 is 1.30 bits per heavy atom. The summed E-state index contributed by atoms with van der Waals surface area (Å²) in [6.07, 6.45) is -0.850. The fraction of sp³-hybridized carbons (Fsp3) is 0.238. The van der Waals surface area contributed by atoms with Gasteiger partial charge in [-0.25, -0.2) is 4.79 Å². The van der Waals surface area contributed by atoms with Crippen LogP contribution in [0.25, 0.3) is 0 Å². The molecule has 9 heteroatoms. The van der Waals surface area contributed by atoms with Crippen molar-refractivity contribution in [2.24, 2.45) is 0 Å². The van der Waals surface area contributed by atoms with Crippen LogP contribution in [0.1, 0.15) is 17.2 Å². The van der Waals surface area contributed by atoms with Gasteiger partial charge in [0.1, 0.15) is 19.2 Å². The topological polar surface area (TPSA) is 134 Å². The predicted molar refractivity (Wildman–Crippen MR) is 107 cm³/mol. The van der Waals surface area contributed by atoms with Crippen molar-refractivity contribution in [3.8, 4) is 0 Å². The molecule has 1 atom stereocenters. The summed E-state index contributed by atoms with van der Waals surface area (Å²) >= 11 is 0. The first-order chi connectivity index (χ1) is 14.4. The van der Waals surface area contributed by atoms with E-state index >= 15 is 0 Å². The molecule has 0 aromatic heterocycles. The molecule has 30 heavy (non-hydrogen) atoms. The summed E-state index contributed by atoms with van der Waals surface area (Å²) in [5.74, 6) is -2.46. The number of carboxylic acid groups (broad SMARTS) is 1. The molecule has 0 aliphatic rings. The van der Waals surface area contributed by atoms with E-state index < -0.39 is 49.6 Å². The number of aliphatic carboxylic acids is 1. The Kier molecular flexibility index (Phi) is 8.85. The van der Waals surface area contributed by atoms with Crippen LogP contribution in [-0.2, 0) is 25.5 Å². The van der Waals surface area contributed by atoms with Crippen LogP contribution >= 0.6 is 0 Å². The maximum Gasteiger partial charge on any atom is 0.408 e. The Morgan fingerprint density at radius 3 is 1.90 bits per heavy atom. The van der Waals surface area contributed by atoms with Gasteiger partial charge >= 0.3 is 12.1 Å². The van der Waals surface area contributed by atoms with Crippen LogP contribution in [0.15, 0.2) is 60.7 Å². The largest absolute Gasteiger partial charge is 0.480 e. The summed E-state index contributed by atoms with van der Waals surface area (Å²) in [6.45, 7) is -1.33. The van der Waals surface area contributed by atoms with Crippen molar-refractivity contribution >= 4 is 23.9 Å². The van der Waals surface area contributed by atoms with Gasteiger partial charge in [-0.15, -0.1) is 0 Å². The zero-order valence-electron chi connectivity index (χ0n) is 16.2. The van der Waals surface area contributed by atoms with E-state index in [4.69, 9.17) is 9.84 Å². The van der Waals surface area contributed by atoms with Crippen molar-refractivity contribution in [2.75, 3.05) is 19.6 Å². The second kappa shape index (κ2) is 11.8. The van der Waals surface area contributed by atoms with Gasteiger partial charge in [0.15, 0.2) is 0 Å². The SMILES string of the molecule is O=C(O)CNC(=O)CNC(=O)CNC(=O)OC(Cc1ccccc1)c1ccccc1. The molecule has 0 fully saturated rings. The van der Waals surface area contributed by atoms with Gasteiger partial charge in [0, 0.05) is 6.42 Å². The molecule has 4 N–H and O–H groups in total. The molecule has 2 rings (SSSR count). The van der Waals surface area contributed by atoms with E-state index in [9.17, 15) is 19.2 Å². The highest BCUT2D eigenvalue weighted by atomic mass is 16.6. The third kappa shape index (κ3) is 8.42. The number of carbonyl (C=O) groups excluding carboxylic acids is 3. The number of rotatable bonds is 10. The maximum absolute atomic E-state index is 12.2. The van der Waals surface area contributed by atoms with Gasteiger partial charge in [-0.1, -0.05) is 60.7 Å². The third-order valence-electron chi connectivity index (χ3n) is 3.96. The van der Waals surface area contributed by atoms with Crippen molar-refractivity contribution in [3.05, 3.63) is 71.8 Å². The molecule has 0 heterocycles. The van der Waals surface area contributed by atoms with E-state index in [0.717, 1.165) is 11.1 Å². The van der Waals surface area contributed by atoms with Crippen LogP contribution in [0.3, 0.4) is 0 Å². The predicted octanol–water partition coefficient (Wildman–Crippen LogP) is 1.01. The minimum absolute atomic E-state index is 0.391. The second-order valence-electron chi connectivity index (χ2n) is 6.30. The summed E-state index contributed by atoms with van der Waals surface area (Å²) in [6, 6.07) is 18.8. The van der Waals surface area contributed by atoms with Crippen molar-refractivity contribution in [1.82, 2.24) is 16.0 Å². The first kappa shape index (κ1) is 22.4. The van der Waals surface area contributed by atoms with E-state index in [0.29, 0.717) is 6.42 Å². The Bertz CT molecular complexity index is 858. The van der Waals surface area contributed by atoms with Crippen LogP contribution in [0.4, 0.5) is 4.79 Å². The van der Waals surface area contributed by atoms with Crippen LogP contribution < -0.4 is 16.0 Å². The molecule has 0 saturated heterocycles. The fourth-order valence-electron chi connectivity index (χ4n) is 2.52. The Balaban J connectivity index is 1.83. The average Bonchev–Trinajstić information content (AvgIpc) is 2.75. The normalized spacial score (nSPS) is 11.1. The van der Waals surface area contributed by atoms with Gasteiger partial charge in [0.25, 0.3) is 0 Å². The third-order valence-corrected chi connectivity index (χ3v) is 3.96. The number of carboxylic acids is 1. The zero-order chi connectivity index (χ0) is 21.8. The van der Waals surface area contributed by atoms with Crippen molar-refractivity contribution in [3.63, 3.8) is 0 Å². The number of alkyl carbamates (subject to hydrolysis) is 1. The van der Waals surface area contributed by atoms with Crippen LogP contribution in [0.5, 0.6) is 0 Å². The number of nitrogens with one attached hydrogen (secondary N) is 3. The monoisotopic (exact) mass is 413 g/mol. The van der Waals surface area contributed by atoms with Crippen molar-refractivity contribution in [1.29, 1.82) is 0 Å². The van der Waals surface area contributed by atoms with Crippen LogP contribution in [-0.4, -0.2) is 48.6 Å². The summed E-state index contributed by atoms with van der Waals surface area (Å²) in [5, 5.41) is 15.2. The van der Waals surface area contributed by atoms with Gasteiger partial charge in [-0.2, -0.15) is 0 Å². The molecule has 0 saturated carbocycles. The highest BCUT2D eigenvalue weighted by Gasteiger charge is 2.18. The van der Waals surface area contributed by atoms with E-state index in [1.807, 2.05) is 60.7 Å². The number of carbonyl (C=O) groups is 4. The Hall–Kier alpha value is -3.88. The molecule has 2 aromatic rings. The van der Waals surface area contributed by atoms with E-state index in [2.05, 4.69) is 16.0 Å². The van der Waals surface area contributed by atoms with Gasteiger partial charge in [-0.3, -0.25) is 14.4 Å². The van der Waals surface area contributed by atoms with E-state index in [1.54, 1.807) is 0 Å². The van der Waals surface area contributed by atoms with Crippen LogP contribution in [0, 0.1) is 0 Å². The second-order valence-corrected chi connectivity index (χ2v) is 6.30. The smallest absolute Gasteiger partial charge is 0.408 e. The van der Waals surface area contributed by atoms with Crippen molar-refractivity contribution < 1.29 is 29.0 Å². The number of hydrogen-bond acceptors (Lipinski definition) is 5. The fourth-order valence-corrected chi connectivity index (χ4v) is 2.52. The lowest BCUT2D eigenvalue weighted by atomic mass is 10.0. The molecule has 3 amide bonds. The average molecular weight is 413 g/mol. The van der Waals surface area contributed by atoms with Gasteiger partial charge in [-0.05, 0) is 11.1 Å². The number of hydrogen-bond donors (Lipinski definition) is 4. The van der Waals surface area contributed by atoms with Crippen molar-refractivity contribution in [2.45, 2.75) is 12.5 Å². The molecular formula is C21H23N3O6. The first-order valence-corrected chi connectivity index (χ1v) is 9.22. The van der Waals surface area contributed by atoms with Gasteiger partial charge < -0.3 is 25.8 Å². The summed E-state index contributed by atoms with van der Waals surface area (Å²) in [5.41, 5.74) is 1.81. The summed E-state index contributed by atoms with van der Waals surface area (Å²) < 4.78 is 5.51. The summed E-state index contributed by atoms with van der Waals surface area (Å²) in [7, 11) is 0. The highest BCUT2D eigenvalue weighted by Crippen LogP contribution is 2.22. The lowest BCUT2D eigenvalue weighted by Gasteiger charge is -2.19. The molecule has 0 bridgehead atoms. The lowest BCUT2D eigenvalue weighted by Crippen LogP contribution is -2.43. The van der Waals surface area contributed by atoms with Gasteiger partial charge in [0.05, 0.1) is 6.54 Å². The minimum Gasteiger partial charge on any atom is -0.480 e.